The molecule has 0 aliphatic rings. The molecule has 0 amide bonds. The molecular formula is C12H19NO4. The van der Waals surface area contributed by atoms with Crippen molar-refractivity contribution in [1.29, 1.82) is 5.26 Å². The molecule has 5 heteroatoms. The van der Waals surface area contributed by atoms with Gasteiger partial charge in [0.2, 0.25) is 0 Å². The summed E-state index contributed by atoms with van der Waals surface area (Å²) in [6.45, 7) is 6.91. The first-order valence-electron chi connectivity index (χ1n) is 5.34. The molecule has 0 spiro atoms. The number of rotatable bonds is 6. The number of nitrogens with zero attached hydrogens (tertiary/aromatic N) is 1. The predicted octanol–water partition coefficient (Wildman–Crippen LogP) is 2.14. The lowest BCUT2D eigenvalue weighted by atomic mass is 10.2. The normalized spacial score (nSPS) is 8.59. The molecule has 0 rings (SSSR count). The fourth-order valence-corrected chi connectivity index (χ4v) is 0.538. The molecule has 0 bridgehead atoms. The first-order chi connectivity index (χ1) is 7.95. The molecule has 17 heavy (non-hydrogen) atoms. The zero-order chi connectivity index (χ0) is 13.7. The van der Waals surface area contributed by atoms with Gasteiger partial charge in [-0.1, -0.05) is 20.4 Å². The molecule has 0 radical (unpaired) electrons. The lowest BCUT2D eigenvalue weighted by Crippen LogP contribution is -2.03. The largest absolute Gasteiger partial charge is 0.481 e. The number of carbonyl (C=O) groups is 2. The van der Waals surface area contributed by atoms with Gasteiger partial charge in [-0.05, 0) is 12.8 Å². The van der Waals surface area contributed by atoms with Gasteiger partial charge in [0.05, 0.1) is 18.6 Å². The molecule has 0 unspecified atom stereocenters. The van der Waals surface area contributed by atoms with Gasteiger partial charge in [0.15, 0.2) is 0 Å². The highest BCUT2D eigenvalue weighted by atomic mass is 16.5. The van der Waals surface area contributed by atoms with E-state index in [1.54, 1.807) is 13.8 Å². The number of aliphatic carboxylic acids is 1. The SMILES string of the molecule is C=CC(=O)OCCCCC#N.CC(C)C(=O)O. The van der Waals surface area contributed by atoms with Crippen LogP contribution in [0.3, 0.4) is 0 Å². The van der Waals surface area contributed by atoms with Crippen LogP contribution in [0.4, 0.5) is 0 Å². The minimum atomic E-state index is -0.741. The van der Waals surface area contributed by atoms with Gasteiger partial charge in [-0.2, -0.15) is 5.26 Å². The first kappa shape index (κ1) is 17.6. The van der Waals surface area contributed by atoms with E-state index < -0.39 is 11.9 Å². The lowest BCUT2D eigenvalue weighted by Gasteiger charge is -1.98. The molecule has 0 saturated heterocycles. The van der Waals surface area contributed by atoms with E-state index >= 15 is 0 Å². The molecule has 0 aliphatic carbocycles. The van der Waals surface area contributed by atoms with Gasteiger partial charge in [0.25, 0.3) is 0 Å². The van der Waals surface area contributed by atoms with E-state index in [2.05, 4.69) is 11.3 Å². The summed E-state index contributed by atoms with van der Waals surface area (Å²) in [5.74, 6) is -1.37. The standard InChI is InChI=1S/C8H11NO2.C4H8O2/c1-2-8(10)11-7-5-3-4-6-9;1-3(2)4(5)6/h2H,1,3-5,7H2;3H,1-2H3,(H,5,6). The topological polar surface area (TPSA) is 87.4 Å². The molecule has 0 atom stereocenters. The van der Waals surface area contributed by atoms with E-state index in [-0.39, 0.29) is 5.92 Å². The molecule has 0 aromatic carbocycles. The van der Waals surface area contributed by atoms with Crippen LogP contribution in [-0.2, 0) is 14.3 Å². The third-order valence-corrected chi connectivity index (χ3v) is 1.59. The maximum Gasteiger partial charge on any atom is 0.330 e. The van der Waals surface area contributed by atoms with Crippen molar-refractivity contribution in [2.45, 2.75) is 33.1 Å². The average Bonchev–Trinajstić information content (AvgIpc) is 2.29. The highest BCUT2D eigenvalue weighted by molar-refractivity contribution is 5.81. The van der Waals surface area contributed by atoms with Crippen LogP contribution in [0.1, 0.15) is 33.1 Å². The summed E-state index contributed by atoms with van der Waals surface area (Å²) >= 11 is 0. The fraction of sp³-hybridized carbons (Fsp3) is 0.583. The van der Waals surface area contributed by atoms with Crippen molar-refractivity contribution in [3.05, 3.63) is 12.7 Å². The van der Waals surface area contributed by atoms with Crippen LogP contribution in [-0.4, -0.2) is 23.7 Å². The summed E-state index contributed by atoms with van der Waals surface area (Å²) in [6, 6.07) is 2.01. The van der Waals surface area contributed by atoms with Crippen LogP contribution in [0.2, 0.25) is 0 Å². The number of ether oxygens (including phenoxy) is 1. The highest BCUT2D eigenvalue weighted by Gasteiger charge is 1.99. The molecule has 0 aliphatic heterocycles. The second kappa shape index (κ2) is 12.2. The van der Waals surface area contributed by atoms with Crippen molar-refractivity contribution in [1.82, 2.24) is 0 Å². The molecule has 96 valence electrons. The van der Waals surface area contributed by atoms with Crippen molar-refractivity contribution in [3.8, 4) is 6.07 Å². The number of carboxylic acids is 1. The molecule has 1 N–H and O–H groups in total. The Balaban J connectivity index is 0. The van der Waals surface area contributed by atoms with E-state index in [1.165, 1.54) is 0 Å². The van der Waals surface area contributed by atoms with Crippen molar-refractivity contribution >= 4 is 11.9 Å². The Kier molecular flexibility index (Phi) is 12.6. The van der Waals surface area contributed by atoms with E-state index in [9.17, 15) is 9.59 Å². The number of unbranched alkanes of at least 4 members (excludes halogenated alkanes) is 2. The zero-order valence-corrected chi connectivity index (χ0v) is 10.3. The maximum absolute atomic E-state index is 10.4. The Hall–Kier alpha value is -1.83. The monoisotopic (exact) mass is 241 g/mol. The molecule has 5 nitrogen and oxygen atoms in total. The van der Waals surface area contributed by atoms with E-state index in [0.717, 1.165) is 18.9 Å². The summed E-state index contributed by atoms with van der Waals surface area (Å²) in [6.07, 6.45) is 3.17. The lowest BCUT2D eigenvalue weighted by molar-refractivity contribution is -0.140. The number of carboxylic acid groups (broad SMARTS) is 1. The second-order valence-corrected chi connectivity index (χ2v) is 3.48. The summed E-state index contributed by atoms with van der Waals surface area (Å²) in [7, 11) is 0. The Morgan fingerprint density at radius 3 is 2.35 bits per heavy atom. The molecule has 0 aromatic heterocycles. The predicted molar refractivity (Wildman–Crippen MR) is 63.1 cm³/mol. The van der Waals surface area contributed by atoms with E-state index in [4.69, 9.17) is 10.4 Å². The molecular weight excluding hydrogens is 222 g/mol. The third-order valence-electron chi connectivity index (χ3n) is 1.59. The van der Waals surface area contributed by atoms with E-state index in [1.807, 2.05) is 6.07 Å². The van der Waals surface area contributed by atoms with Gasteiger partial charge >= 0.3 is 11.9 Å². The van der Waals surface area contributed by atoms with Gasteiger partial charge in [-0.25, -0.2) is 4.79 Å². The number of hydrogen-bond acceptors (Lipinski definition) is 4. The Labute approximate surface area is 102 Å². The van der Waals surface area contributed by atoms with Gasteiger partial charge in [0.1, 0.15) is 0 Å². The molecule has 0 saturated carbocycles. The van der Waals surface area contributed by atoms with Crippen LogP contribution in [0.15, 0.2) is 12.7 Å². The van der Waals surface area contributed by atoms with E-state index in [0.29, 0.717) is 13.0 Å². The van der Waals surface area contributed by atoms with Crippen molar-refractivity contribution in [2.24, 2.45) is 5.92 Å². The summed E-state index contributed by atoms with van der Waals surface area (Å²) in [4.78, 5) is 20.1. The molecule has 0 fully saturated rings. The summed E-state index contributed by atoms with van der Waals surface area (Å²) in [5.41, 5.74) is 0. The minimum absolute atomic E-state index is 0.231. The summed E-state index contributed by atoms with van der Waals surface area (Å²) in [5, 5.41) is 16.1. The zero-order valence-electron chi connectivity index (χ0n) is 10.3. The maximum atomic E-state index is 10.4. The van der Waals surface area contributed by atoms with Crippen molar-refractivity contribution in [3.63, 3.8) is 0 Å². The summed E-state index contributed by atoms with van der Waals surface area (Å²) < 4.78 is 4.67. The number of hydrogen-bond donors (Lipinski definition) is 1. The van der Waals surface area contributed by atoms with Gasteiger partial charge < -0.3 is 9.84 Å². The molecule has 0 heterocycles. The Morgan fingerprint density at radius 2 is 2.00 bits per heavy atom. The van der Waals surface area contributed by atoms with Crippen LogP contribution in [0, 0.1) is 17.2 Å². The van der Waals surface area contributed by atoms with Crippen LogP contribution >= 0.6 is 0 Å². The first-order valence-corrected chi connectivity index (χ1v) is 5.34. The third kappa shape index (κ3) is 16.8. The number of nitriles is 1. The smallest absolute Gasteiger partial charge is 0.330 e. The number of carbonyl (C=O) groups excluding carboxylic acids is 1. The van der Waals surface area contributed by atoms with Crippen LogP contribution < -0.4 is 0 Å². The van der Waals surface area contributed by atoms with Gasteiger partial charge in [-0.15, -0.1) is 0 Å². The van der Waals surface area contributed by atoms with Gasteiger partial charge in [0, 0.05) is 12.5 Å². The highest BCUT2D eigenvalue weighted by Crippen LogP contribution is 1.94. The van der Waals surface area contributed by atoms with Crippen LogP contribution in [0.5, 0.6) is 0 Å². The fourth-order valence-electron chi connectivity index (χ4n) is 0.538. The average molecular weight is 241 g/mol. The Morgan fingerprint density at radius 1 is 1.47 bits per heavy atom. The Bertz CT molecular complexity index is 279. The van der Waals surface area contributed by atoms with Crippen LogP contribution in [0.25, 0.3) is 0 Å². The minimum Gasteiger partial charge on any atom is -0.481 e. The van der Waals surface area contributed by atoms with Crippen molar-refractivity contribution < 1.29 is 19.4 Å². The number of esters is 1. The van der Waals surface area contributed by atoms with Gasteiger partial charge in [-0.3, -0.25) is 4.79 Å². The second-order valence-electron chi connectivity index (χ2n) is 3.48. The molecule has 0 aromatic rings. The quantitative estimate of drug-likeness (QED) is 0.437. The van der Waals surface area contributed by atoms with Crippen molar-refractivity contribution in [2.75, 3.05) is 6.61 Å².